The maximum Gasteiger partial charge on any atom is 0.108 e. The predicted molar refractivity (Wildman–Crippen MR) is 79.4 cm³/mol. The van der Waals surface area contributed by atoms with Gasteiger partial charge in [0.25, 0.3) is 0 Å². The van der Waals surface area contributed by atoms with Crippen LogP contribution in [0.2, 0.25) is 0 Å². The van der Waals surface area contributed by atoms with Gasteiger partial charge in [-0.05, 0) is 13.3 Å². The first-order valence-corrected chi connectivity index (χ1v) is 8.19. The molecule has 0 aliphatic heterocycles. The Morgan fingerprint density at radius 2 is 1.17 bits per heavy atom. The molecule has 18 heavy (non-hydrogen) atoms. The Hall–Kier alpha value is -0.0800. The minimum absolute atomic E-state index is 0.174. The fraction of sp³-hybridized carbons (Fsp3) is 1.00. The van der Waals surface area contributed by atoms with Crippen molar-refractivity contribution in [1.29, 1.82) is 0 Å². The molecule has 0 spiro atoms. The van der Waals surface area contributed by atoms with Gasteiger partial charge in [-0.25, -0.2) is 0 Å². The van der Waals surface area contributed by atoms with E-state index < -0.39 is 0 Å². The van der Waals surface area contributed by atoms with Gasteiger partial charge in [0.05, 0.1) is 0 Å². The number of hydrogen-bond acceptors (Lipinski definition) is 1. The molecule has 0 aliphatic carbocycles. The largest absolute Gasteiger partial charge is 0.387 e. The molecule has 0 fully saturated rings. The van der Waals surface area contributed by atoms with Gasteiger partial charge in [0.2, 0.25) is 0 Å². The predicted octanol–water partition coefficient (Wildman–Crippen LogP) is 3.68. The van der Waals surface area contributed by atoms with Crippen molar-refractivity contribution in [3.63, 3.8) is 0 Å². The van der Waals surface area contributed by atoms with E-state index in [1.165, 1.54) is 64.2 Å². The van der Waals surface area contributed by atoms with Gasteiger partial charge in [-0.3, -0.25) is 0 Å². The van der Waals surface area contributed by atoms with Gasteiger partial charge in [-0.15, -0.1) is 0 Å². The number of hydrogen-bond donors (Lipinski definition) is 2. The fourth-order valence-corrected chi connectivity index (χ4v) is 2.30. The number of unbranched alkanes of at least 4 members (excludes halogenated alkanes) is 10. The van der Waals surface area contributed by atoms with Gasteiger partial charge in [-0.2, -0.15) is 0 Å². The molecule has 0 saturated carbocycles. The molecule has 0 heterocycles. The van der Waals surface area contributed by atoms with E-state index in [1.54, 1.807) is 0 Å². The molecule has 2 nitrogen and oxygen atoms in total. The van der Waals surface area contributed by atoms with E-state index in [2.05, 4.69) is 12.7 Å². The third kappa shape index (κ3) is 12.4. The first kappa shape index (κ1) is 17.9. The van der Waals surface area contributed by atoms with Crippen molar-refractivity contribution >= 4 is 0 Å². The molecule has 0 saturated heterocycles. The molecule has 0 aromatic heterocycles. The monoisotopic (exact) mass is 258 g/mol. The Morgan fingerprint density at radius 3 is 1.56 bits per heavy atom. The van der Waals surface area contributed by atoms with Crippen LogP contribution in [0.3, 0.4) is 0 Å². The van der Waals surface area contributed by atoms with Crippen molar-refractivity contribution in [2.24, 2.45) is 0 Å². The summed E-state index contributed by atoms with van der Waals surface area (Å²) in [7, 11) is 0. The van der Waals surface area contributed by atoms with Crippen LogP contribution in [0.15, 0.2) is 0 Å². The minimum Gasteiger partial charge on any atom is -0.387 e. The smallest absolute Gasteiger partial charge is 0.108 e. The van der Waals surface area contributed by atoms with Crippen molar-refractivity contribution in [2.45, 2.75) is 103 Å². The Morgan fingerprint density at radius 1 is 0.778 bits per heavy atom. The first-order chi connectivity index (χ1) is 8.68. The summed E-state index contributed by atoms with van der Waals surface area (Å²) in [6.45, 7) is 4.26. The standard InChI is InChI=1S/C16H35NO/c1-3-4-5-6-7-8-9-10-11-12-13-14-16(18)15(2)17/h15-16,18H,3-14,17H2,1-2H3/p+1/t15-,16+/m0/s1. The van der Waals surface area contributed by atoms with Gasteiger partial charge >= 0.3 is 0 Å². The van der Waals surface area contributed by atoms with E-state index in [1.807, 2.05) is 6.92 Å². The number of aliphatic hydroxyl groups excluding tert-OH is 1. The second-order valence-corrected chi connectivity index (χ2v) is 5.87. The third-order valence-electron chi connectivity index (χ3n) is 3.76. The average Bonchev–Trinajstić information content (AvgIpc) is 2.35. The van der Waals surface area contributed by atoms with E-state index in [9.17, 15) is 5.11 Å². The number of rotatable bonds is 13. The van der Waals surface area contributed by atoms with Crippen LogP contribution in [-0.2, 0) is 0 Å². The summed E-state index contributed by atoms with van der Waals surface area (Å²) in [5, 5.41) is 9.61. The quantitative estimate of drug-likeness (QED) is 0.486. The molecule has 0 amide bonds. The molecule has 2 atom stereocenters. The molecule has 0 rings (SSSR count). The van der Waals surface area contributed by atoms with E-state index in [-0.39, 0.29) is 12.1 Å². The second-order valence-electron chi connectivity index (χ2n) is 5.87. The van der Waals surface area contributed by atoms with E-state index >= 15 is 0 Å². The molecular formula is C16H36NO+. The van der Waals surface area contributed by atoms with E-state index in [4.69, 9.17) is 0 Å². The Kier molecular flexibility index (Phi) is 13.3. The topological polar surface area (TPSA) is 47.9 Å². The van der Waals surface area contributed by atoms with Gasteiger partial charge in [-0.1, -0.05) is 77.6 Å². The molecule has 0 aromatic carbocycles. The van der Waals surface area contributed by atoms with Gasteiger partial charge in [0.1, 0.15) is 12.1 Å². The Balaban J connectivity index is 3.03. The number of aliphatic hydroxyl groups is 1. The summed E-state index contributed by atoms with van der Waals surface area (Å²) in [6, 6.07) is 0.174. The van der Waals surface area contributed by atoms with Gasteiger partial charge < -0.3 is 10.8 Å². The molecule has 0 bridgehead atoms. The molecule has 0 unspecified atom stereocenters. The summed E-state index contributed by atoms with van der Waals surface area (Å²) in [6.07, 6.45) is 15.8. The van der Waals surface area contributed by atoms with Crippen LogP contribution in [0.1, 0.15) is 90.9 Å². The highest BCUT2D eigenvalue weighted by molar-refractivity contribution is 4.60. The van der Waals surface area contributed by atoms with Crippen LogP contribution < -0.4 is 5.73 Å². The fourth-order valence-electron chi connectivity index (χ4n) is 2.30. The minimum atomic E-state index is -0.191. The molecule has 0 aromatic rings. The van der Waals surface area contributed by atoms with Crippen molar-refractivity contribution < 1.29 is 10.8 Å². The number of quaternary nitrogens is 1. The molecule has 2 heteroatoms. The molecule has 0 radical (unpaired) electrons. The summed E-state index contributed by atoms with van der Waals surface area (Å²) in [4.78, 5) is 0. The third-order valence-corrected chi connectivity index (χ3v) is 3.76. The molecular weight excluding hydrogens is 222 g/mol. The van der Waals surface area contributed by atoms with Gasteiger partial charge in [0.15, 0.2) is 0 Å². The maximum absolute atomic E-state index is 9.61. The maximum atomic E-state index is 9.61. The summed E-state index contributed by atoms with van der Waals surface area (Å²) < 4.78 is 0. The molecule has 0 aliphatic rings. The van der Waals surface area contributed by atoms with Crippen LogP contribution in [-0.4, -0.2) is 17.3 Å². The lowest BCUT2D eigenvalue weighted by atomic mass is 10.0. The van der Waals surface area contributed by atoms with Crippen molar-refractivity contribution in [1.82, 2.24) is 0 Å². The lowest BCUT2D eigenvalue weighted by molar-refractivity contribution is -0.432. The highest BCUT2D eigenvalue weighted by atomic mass is 16.3. The zero-order valence-corrected chi connectivity index (χ0v) is 12.8. The highest BCUT2D eigenvalue weighted by Crippen LogP contribution is 2.12. The first-order valence-electron chi connectivity index (χ1n) is 8.19. The SMILES string of the molecule is CCCCCCCCCCCCC[C@@H](O)[C@H](C)[NH3+]. The average molecular weight is 258 g/mol. The van der Waals surface area contributed by atoms with Crippen LogP contribution >= 0.6 is 0 Å². The zero-order chi connectivity index (χ0) is 13.6. The van der Waals surface area contributed by atoms with Crippen LogP contribution in [0.4, 0.5) is 0 Å². The lowest BCUT2D eigenvalue weighted by Gasteiger charge is -2.11. The normalized spacial score (nSPS) is 14.7. The van der Waals surface area contributed by atoms with E-state index in [0.717, 1.165) is 12.8 Å². The molecule has 4 N–H and O–H groups in total. The Labute approximate surface area is 114 Å². The van der Waals surface area contributed by atoms with Crippen LogP contribution in [0.5, 0.6) is 0 Å². The van der Waals surface area contributed by atoms with Gasteiger partial charge in [0, 0.05) is 0 Å². The van der Waals surface area contributed by atoms with Crippen molar-refractivity contribution in [3.8, 4) is 0 Å². The molecule has 110 valence electrons. The van der Waals surface area contributed by atoms with Crippen LogP contribution in [0, 0.1) is 0 Å². The van der Waals surface area contributed by atoms with Crippen molar-refractivity contribution in [3.05, 3.63) is 0 Å². The zero-order valence-electron chi connectivity index (χ0n) is 12.8. The summed E-state index contributed by atoms with van der Waals surface area (Å²) in [5.41, 5.74) is 3.86. The summed E-state index contributed by atoms with van der Waals surface area (Å²) >= 11 is 0. The highest BCUT2D eigenvalue weighted by Gasteiger charge is 2.11. The van der Waals surface area contributed by atoms with Crippen molar-refractivity contribution in [2.75, 3.05) is 0 Å². The second kappa shape index (κ2) is 13.4. The summed E-state index contributed by atoms with van der Waals surface area (Å²) in [5.74, 6) is 0. The van der Waals surface area contributed by atoms with Crippen LogP contribution in [0.25, 0.3) is 0 Å². The Bertz CT molecular complexity index is 159. The van der Waals surface area contributed by atoms with E-state index in [0.29, 0.717) is 0 Å². The lowest BCUT2D eigenvalue weighted by Crippen LogP contribution is -2.64.